The van der Waals surface area contributed by atoms with Gasteiger partial charge < -0.3 is 15.2 Å². The lowest BCUT2D eigenvalue weighted by molar-refractivity contribution is 0.336. The van der Waals surface area contributed by atoms with Gasteiger partial charge in [0.2, 0.25) is 0 Å². The Kier molecular flexibility index (Phi) is 3.52. The number of aromatic nitrogens is 3. The molecule has 0 aliphatic carbocycles. The second kappa shape index (κ2) is 5.46. The highest BCUT2D eigenvalue weighted by atomic mass is 15.1. The van der Waals surface area contributed by atoms with Gasteiger partial charge in [-0.1, -0.05) is 0 Å². The number of hydrogen-bond acceptors (Lipinski definition) is 4. The minimum Gasteiger partial charge on any atom is -0.343 e. The first-order valence-corrected chi connectivity index (χ1v) is 6.63. The summed E-state index contributed by atoms with van der Waals surface area (Å²) in [4.78, 5) is 14.0. The molecule has 0 saturated carbocycles. The van der Waals surface area contributed by atoms with Crippen molar-refractivity contribution in [3.63, 3.8) is 0 Å². The van der Waals surface area contributed by atoms with E-state index in [1.54, 1.807) is 6.33 Å². The van der Waals surface area contributed by atoms with Crippen molar-refractivity contribution < 1.29 is 0 Å². The lowest BCUT2D eigenvalue weighted by atomic mass is 10.2. The van der Waals surface area contributed by atoms with Gasteiger partial charge in [-0.2, -0.15) is 0 Å². The first kappa shape index (κ1) is 11.6. The second-order valence-electron chi connectivity index (χ2n) is 4.80. The molecule has 1 aliphatic rings. The maximum absolute atomic E-state index is 4.21. The maximum atomic E-state index is 4.21. The number of fused-ring (bicyclic) bond motifs is 1. The zero-order valence-corrected chi connectivity index (χ0v) is 10.5. The SMILES string of the molecule is c1cc(CNCCN2CCCC2)c2[nH]cnc2n1. The summed E-state index contributed by atoms with van der Waals surface area (Å²) in [5, 5.41) is 3.49. The first-order valence-electron chi connectivity index (χ1n) is 6.63. The van der Waals surface area contributed by atoms with E-state index >= 15 is 0 Å². The molecule has 5 heteroatoms. The van der Waals surface area contributed by atoms with Gasteiger partial charge in [0.15, 0.2) is 5.65 Å². The average molecular weight is 245 g/mol. The van der Waals surface area contributed by atoms with Crippen molar-refractivity contribution in [2.24, 2.45) is 0 Å². The summed E-state index contributed by atoms with van der Waals surface area (Å²) in [5.41, 5.74) is 3.08. The Morgan fingerprint density at radius 3 is 3.06 bits per heavy atom. The molecular formula is C13H19N5. The van der Waals surface area contributed by atoms with Crippen molar-refractivity contribution in [2.75, 3.05) is 26.2 Å². The molecule has 1 saturated heterocycles. The largest absolute Gasteiger partial charge is 0.343 e. The minimum absolute atomic E-state index is 0.800. The highest BCUT2D eigenvalue weighted by Gasteiger charge is 2.10. The van der Waals surface area contributed by atoms with Crippen LogP contribution in [0.5, 0.6) is 0 Å². The molecule has 0 atom stereocenters. The Labute approximate surface area is 107 Å². The Balaban J connectivity index is 1.51. The fraction of sp³-hybridized carbons (Fsp3) is 0.538. The first-order chi connectivity index (χ1) is 8.93. The highest BCUT2D eigenvalue weighted by molar-refractivity contribution is 5.73. The lowest BCUT2D eigenvalue weighted by Gasteiger charge is -2.14. The van der Waals surface area contributed by atoms with E-state index in [9.17, 15) is 0 Å². The summed E-state index contributed by atoms with van der Waals surface area (Å²) in [7, 11) is 0. The molecule has 0 bridgehead atoms. The minimum atomic E-state index is 0.800. The van der Waals surface area contributed by atoms with Crippen molar-refractivity contribution in [3.8, 4) is 0 Å². The third-order valence-corrected chi connectivity index (χ3v) is 3.53. The van der Waals surface area contributed by atoms with E-state index < -0.39 is 0 Å². The van der Waals surface area contributed by atoms with E-state index in [1.807, 2.05) is 12.3 Å². The molecule has 96 valence electrons. The molecule has 0 radical (unpaired) electrons. The van der Waals surface area contributed by atoms with E-state index in [1.165, 1.54) is 31.5 Å². The van der Waals surface area contributed by atoms with Gasteiger partial charge in [-0.05, 0) is 37.6 Å². The van der Waals surface area contributed by atoms with Crippen LogP contribution in [0.3, 0.4) is 0 Å². The molecule has 0 amide bonds. The number of imidazole rings is 1. The summed E-state index contributed by atoms with van der Waals surface area (Å²) < 4.78 is 0. The molecule has 0 aromatic carbocycles. The van der Waals surface area contributed by atoms with Crippen LogP contribution in [-0.2, 0) is 6.54 Å². The van der Waals surface area contributed by atoms with Gasteiger partial charge in [0.25, 0.3) is 0 Å². The molecule has 1 fully saturated rings. The quantitative estimate of drug-likeness (QED) is 0.776. The normalized spacial score (nSPS) is 16.7. The van der Waals surface area contributed by atoms with Gasteiger partial charge in [-0.15, -0.1) is 0 Å². The average Bonchev–Trinajstić information content (AvgIpc) is 3.05. The molecule has 2 aromatic heterocycles. The van der Waals surface area contributed by atoms with E-state index in [0.717, 1.165) is 30.8 Å². The fourth-order valence-corrected chi connectivity index (χ4v) is 2.52. The zero-order chi connectivity index (χ0) is 12.2. The van der Waals surface area contributed by atoms with Crippen LogP contribution in [0.15, 0.2) is 18.6 Å². The molecule has 3 rings (SSSR count). The van der Waals surface area contributed by atoms with Gasteiger partial charge in [-0.3, -0.25) is 0 Å². The second-order valence-corrected chi connectivity index (χ2v) is 4.80. The summed E-state index contributed by atoms with van der Waals surface area (Å²) in [6.07, 6.45) is 6.24. The van der Waals surface area contributed by atoms with Gasteiger partial charge in [0.1, 0.15) is 0 Å². The fourth-order valence-electron chi connectivity index (χ4n) is 2.52. The highest BCUT2D eigenvalue weighted by Crippen LogP contribution is 2.11. The van der Waals surface area contributed by atoms with Crippen LogP contribution < -0.4 is 5.32 Å². The van der Waals surface area contributed by atoms with Gasteiger partial charge >= 0.3 is 0 Å². The number of nitrogens with one attached hydrogen (secondary N) is 2. The van der Waals surface area contributed by atoms with E-state index in [-0.39, 0.29) is 0 Å². The standard InChI is InChI=1S/C13H19N5/c1-2-7-18(6-1)8-5-14-9-11-3-4-15-13-12(11)16-10-17-13/h3-4,10,14H,1-2,5-9H2,(H,15,16,17). The number of hydrogen-bond donors (Lipinski definition) is 2. The summed E-state index contributed by atoms with van der Waals surface area (Å²) in [6.45, 7) is 5.59. The van der Waals surface area contributed by atoms with Gasteiger partial charge in [0, 0.05) is 25.8 Å². The smallest absolute Gasteiger partial charge is 0.177 e. The van der Waals surface area contributed by atoms with Crippen LogP contribution in [0, 0.1) is 0 Å². The van der Waals surface area contributed by atoms with Crippen LogP contribution in [0.2, 0.25) is 0 Å². The van der Waals surface area contributed by atoms with E-state index in [4.69, 9.17) is 0 Å². The Morgan fingerprint density at radius 1 is 1.28 bits per heavy atom. The number of rotatable bonds is 5. The maximum Gasteiger partial charge on any atom is 0.177 e. The van der Waals surface area contributed by atoms with Crippen LogP contribution in [0.4, 0.5) is 0 Å². The molecule has 2 aromatic rings. The molecule has 5 nitrogen and oxygen atoms in total. The van der Waals surface area contributed by atoms with Crippen LogP contribution in [0.1, 0.15) is 18.4 Å². The van der Waals surface area contributed by atoms with Crippen LogP contribution in [0.25, 0.3) is 11.2 Å². The number of nitrogens with zero attached hydrogens (tertiary/aromatic N) is 3. The summed E-state index contributed by atoms with van der Waals surface area (Å²) >= 11 is 0. The van der Waals surface area contributed by atoms with Crippen molar-refractivity contribution in [1.29, 1.82) is 0 Å². The lowest BCUT2D eigenvalue weighted by Crippen LogP contribution is -2.29. The van der Waals surface area contributed by atoms with Crippen molar-refractivity contribution >= 4 is 11.2 Å². The van der Waals surface area contributed by atoms with Crippen LogP contribution >= 0.6 is 0 Å². The van der Waals surface area contributed by atoms with Crippen molar-refractivity contribution in [3.05, 3.63) is 24.2 Å². The molecule has 0 spiro atoms. The topological polar surface area (TPSA) is 56.8 Å². The molecule has 2 N–H and O–H groups in total. The number of likely N-dealkylation sites (tertiary alicyclic amines) is 1. The van der Waals surface area contributed by atoms with E-state index in [0.29, 0.717) is 0 Å². The Bertz CT molecular complexity index is 501. The molecule has 0 unspecified atom stereocenters. The third kappa shape index (κ3) is 2.52. The van der Waals surface area contributed by atoms with Gasteiger partial charge in [0.05, 0.1) is 11.8 Å². The van der Waals surface area contributed by atoms with Crippen LogP contribution in [-0.4, -0.2) is 46.0 Å². The Morgan fingerprint density at radius 2 is 2.17 bits per heavy atom. The summed E-state index contributed by atoms with van der Waals surface area (Å²) in [6, 6.07) is 2.05. The third-order valence-electron chi connectivity index (χ3n) is 3.53. The van der Waals surface area contributed by atoms with Gasteiger partial charge in [-0.25, -0.2) is 9.97 Å². The molecule has 18 heavy (non-hydrogen) atoms. The van der Waals surface area contributed by atoms with Crippen molar-refractivity contribution in [2.45, 2.75) is 19.4 Å². The zero-order valence-electron chi connectivity index (χ0n) is 10.5. The predicted molar refractivity (Wildman–Crippen MR) is 71.3 cm³/mol. The molecule has 3 heterocycles. The van der Waals surface area contributed by atoms with Crippen molar-refractivity contribution in [1.82, 2.24) is 25.2 Å². The predicted octanol–water partition coefficient (Wildman–Crippen LogP) is 1.14. The Hall–Kier alpha value is -1.46. The summed E-state index contributed by atoms with van der Waals surface area (Å²) in [5.74, 6) is 0. The number of H-pyrrole nitrogens is 1. The number of aromatic amines is 1. The van der Waals surface area contributed by atoms with E-state index in [2.05, 4.69) is 25.2 Å². The molecule has 1 aliphatic heterocycles. The number of pyridine rings is 1. The molecular weight excluding hydrogens is 226 g/mol. The monoisotopic (exact) mass is 245 g/mol.